The van der Waals surface area contributed by atoms with Gasteiger partial charge >= 0.3 is 0 Å². The molecule has 0 radical (unpaired) electrons. The first-order valence-corrected chi connectivity index (χ1v) is 15.7. The molecule has 0 saturated carbocycles. The zero-order valence-corrected chi connectivity index (χ0v) is 23.9. The van der Waals surface area contributed by atoms with E-state index in [1.807, 2.05) is 17.1 Å². The van der Waals surface area contributed by atoms with Gasteiger partial charge in [-0.3, -0.25) is 9.08 Å². The van der Waals surface area contributed by atoms with Crippen LogP contribution in [0.25, 0.3) is 16.8 Å². The number of halogens is 1. The van der Waals surface area contributed by atoms with E-state index in [2.05, 4.69) is 80.2 Å². The minimum Gasteiger partial charge on any atom is -0.417 e. The fraction of sp³-hybridized carbons (Fsp3) is 0.640. The Hall–Kier alpha value is -1.74. The third kappa shape index (κ3) is 6.08. The van der Waals surface area contributed by atoms with Gasteiger partial charge < -0.3 is 9.33 Å². The van der Waals surface area contributed by atoms with Gasteiger partial charge in [-0.2, -0.15) is 5.10 Å². The van der Waals surface area contributed by atoms with Gasteiger partial charge in [0.05, 0.1) is 24.5 Å². The van der Waals surface area contributed by atoms with Gasteiger partial charge in [0.2, 0.25) is 0 Å². The molecule has 7 nitrogen and oxygen atoms in total. The molecule has 0 aliphatic heterocycles. The van der Waals surface area contributed by atoms with Crippen molar-refractivity contribution in [3.8, 4) is 11.3 Å². The maximum Gasteiger partial charge on any atom is 0.191 e. The van der Waals surface area contributed by atoms with E-state index in [-0.39, 0.29) is 11.0 Å². The van der Waals surface area contributed by atoms with Crippen LogP contribution in [0.4, 0.5) is 0 Å². The molecule has 3 aromatic rings. The topological polar surface area (TPSA) is 60.5 Å². The highest BCUT2D eigenvalue weighted by Crippen LogP contribution is 2.37. The van der Waals surface area contributed by atoms with Crippen molar-refractivity contribution in [2.45, 2.75) is 78.6 Å². The van der Waals surface area contributed by atoms with E-state index in [0.29, 0.717) is 5.15 Å². The Morgan fingerprint density at radius 1 is 1.15 bits per heavy atom. The molecular formula is C25H41ClN6OSi. The van der Waals surface area contributed by atoms with Gasteiger partial charge in [-0.05, 0) is 37.6 Å². The van der Waals surface area contributed by atoms with Gasteiger partial charge in [-0.15, -0.1) is 0 Å². The lowest BCUT2D eigenvalue weighted by molar-refractivity contribution is 0.272. The van der Waals surface area contributed by atoms with E-state index in [4.69, 9.17) is 21.0 Å². The Bertz CT molecular complexity index is 1080. The molecule has 0 aliphatic carbocycles. The van der Waals surface area contributed by atoms with Crippen LogP contribution in [0.5, 0.6) is 0 Å². The molecule has 3 aromatic heterocycles. The summed E-state index contributed by atoms with van der Waals surface area (Å²) in [6.45, 7) is 22.6. The van der Waals surface area contributed by atoms with Crippen molar-refractivity contribution in [2.75, 3.05) is 26.2 Å². The zero-order valence-electron chi connectivity index (χ0n) is 22.1. The quantitative estimate of drug-likeness (QED) is 0.295. The predicted octanol–water partition coefficient (Wildman–Crippen LogP) is 6.10. The fourth-order valence-corrected chi connectivity index (χ4v) is 4.98. The summed E-state index contributed by atoms with van der Waals surface area (Å²) < 4.78 is 10.5. The van der Waals surface area contributed by atoms with Crippen LogP contribution in [0, 0.1) is 0 Å². The van der Waals surface area contributed by atoms with Crippen LogP contribution in [0.1, 0.15) is 59.7 Å². The van der Waals surface area contributed by atoms with Crippen LogP contribution in [-0.2, 0) is 11.0 Å². The molecule has 0 bridgehead atoms. The Kier molecular flexibility index (Phi) is 8.60. The summed E-state index contributed by atoms with van der Waals surface area (Å²) in [4.78, 5) is 11.8. The standard InChI is InChI=1S/C25H41ClN6OSi/c1-9-30(10-2)12-13-31-17-20(15-28-31)23-21-16-27-22(26)18-32(21)24(29-23)19(3)11-14-33-34(7,8)25(4,5)6/h15-19H,9-14H2,1-8H3/t19-/m0/s1. The van der Waals surface area contributed by atoms with E-state index in [9.17, 15) is 0 Å². The molecule has 0 N–H and O–H groups in total. The average molecular weight is 505 g/mol. The summed E-state index contributed by atoms with van der Waals surface area (Å²) in [6, 6.07) is 0. The third-order valence-corrected chi connectivity index (χ3v) is 12.0. The molecule has 1 atom stereocenters. The first-order valence-electron chi connectivity index (χ1n) is 12.4. The van der Waals surface area contributed by atoms with Gasteiger partial charge in [0, 0.05) is 37.0 Å². The first-order chi connectivity index (χ1) is 16.0. The predicted molar refractivity (Wildman–Crippen MR) is 143 cm³/mol. The summed E-state index contributed by atoms with van der Waals surface area (Å²) in [5.74, 6) is 1.19. The Morgan fingerprint density at radius 3 is 2.50 bits per heavy atom. The smallest absolute Gasteiger partial charge is 0.191 e. The van der Waals surface area contributed by atoms with Gasteiger partial charge in [0.15, 0.2) is 8.32 Å². The zero-order chi connectivity index (χ0) is 25.1. The van der Waals surface area contributed by atoms with E-state index in [0.717, 1.165) is 61.8 Å². The largest absolute Gasteiger partial charge is 0.417 e. The minimum absolute atomic E-state index is 0.202. The molecule has 0 unspecified atom stereocenters. The molecule has 0 aromatic carbocycles. The molecule has 9 heteroatoms. The highest BCUT2D eigenvalue weighted by atomic mass is 35.5. The number of likely N-dealkylation sites (N-methyl/N-ethyl adjacent to an activating group) is 1. The molecule has 0 fully saturated rings. The van der Waals surface area contributed by atoms with Crippen molar-refractivity contribution in [1.82, 2.24) is 29.0 Å². The monoisotopic (exact) mass is 504 g/mol. The molecule has 0 saturated heterocycles. The number of rotatable bonds is 11. The van der Waals surface area contributed by atoms with Crippen LogP contribution in [0.15, 0.2) is 24.8 Å². The van der Waals surface area contributed by atoms with Crippen molar-refractivity contribution in [3.05, 3.63) is 35.8 Å². The fourth-order valence-electron chi connectivity index (χ4n) is 3.77. The summed E-state index contributed by atoms with van der Waals surface area (Å²) in [6.07, 6.45) is 8.54. The number of aromatic nitrogens is 5. The Morgan fingerprint density at radius 2 is 1.85 bits per heavy atom. The number of fused-ring (bicyclic) bond motifs is 1. The summed E-state index contributed by atoms with van der Waals surface area (Å²) in [7, 11) is -1.77. The molecule has 0 amide bonds. The lowest BCUT2D eigenvalue weighted by Gasteiger charge is -2.36. The lowest BCUT2D eigenvalue weighted by Crippen LogP contribution is -2.41. The number of hydrogen-bond acceptors (Lipinski definition) is 5. The van der Waals surface area contributed by atoms with E-state index >= 15 is 0 Å². The van der Waals surface area contributed by atoms with Crippen LogP contribution in [0.3, 0.4) is 0 Å². The second-order valence-electron chi connectivity index (χ2n) is 10.6. The Labute approximate surface area is 210 Å². The van der Waals surface area contributed by atoms with Crippen molar-refractivity contribution < 1.29 is 4.43 Å². The maximum atomic E-state index is 6.43. The van der Waals surface area contributed by atoms with Gasteiger partial charge in [0.1, 0.15) is 16.7 Å². The van der Waals surface area contributed by atoms with Gasteiger partial charge in [0.25, 0.3) is 0 Å². The lowest BCUT2D eigenvalue weighted by atomic mass is 10.1. The number of imidazole rings is 1. The summed E-state index contributed by atoms with van der Waals surface area (Å²) >= 11 is 6.27. The van der Waals surface area contributed by atoms with Gasteiger partial charge in [-0.25, -0.2) is 9.97 Å². The third-order valence-electron chi connectivity index (χ3n) is 7.23. The highest BCUT2D eigenvalue weighted by Gasteiger charge is 2.37. The second kappa shape index (κ2) is 10.9. The van der Waals surface area contributed by atoms with Crippen LogP contribution in [0.2, 0.25) is 23.3 Å². The molecule has 3 rings (SSSR count). The van der Waals surface area contributed by atoms with Crippen molar-refractivity contribution in [2.24, 2.45) is 0 Å². The molecular weight excluding hydrogens is 464 g/mol. The second-order valence-corrected chi connectivity index (χ2v) is 15.8. The SMILES string of the molecule is CCN(CC)CCn1cc(-c2nc([C@@H](C)CCO[Si](C)(C)C(C)(C)C)n3cc(Cl)ncc23)cn1. The normalized spacial score (nSPS) is 13.8. The van der Waals surface area contributed by atoms with Crippen LogP contribution >= 0.6 is 11.6 Å². The van der Waals surface area contributed by atoms with Gasteiger partial charge in [-0.1, -0.05) is 53.1 Å². The molecule has 188 valence electrons. The highest BCUT2D eigenvalue weighted by molar-refractivity contribution is 6.74. The summed E-state index contributed by atoms with van der Waals surface area (Å²) in [5.41, 5.74) is 2.84. The van der Waals surface area contributed by atoms with Crippen LogP contribution < -0.4 is 0 Å². The maximum absolute atomic E-state index is 6.43. The molecule has 34 heavy (non-hydrogen) atoms. The summed E-state index contributed by atoms with van der Waals surface area (Å²) in [5, 5.41) is 5.25. The Balaban J connectivity index is 1.82. The number of hydrogen-bond donors (Lipinski definition) is 0. The van der Waals surface area contributed by atoms with Crippen molar-refractivity contribution in [1.29, 1.82) is 0 Å². The molecule has 0 spiro atoms. The minimum atomic E-state index is -1.77. The van der Waals surface area contributed by atoms with E-state index < -0.39 is 8.32 Å². The molecule has 0 aliphatic rings. The van der Waals surface area contributed by atoms with Crippen molar-refractivity contribution >= 4 is 25.4 Å². The molecule has 3 heterocycles. The number of nitrogens with zero attached hydrogens (tertiary/aromatic N) is 6. The average Bonchev–Trinajstić information content (AvgIpc) is 3.37. The van der Waals surface area contributed by atoms with E-state index in [1.165, 1.54) is 0 Å². The first kappa shape index (κ1) is 26.9. The van der Waals surface area contributed by atoms with Crippen LogP contribution in [-0.4, -0.2) is 63.6 Å². The van der Waals surface area contributed by atoms with E-state index in [1.54, 1.807) is 6.20 Å². The van der Waals surface area contributed by atoms with Crippen molar-refractivity contribution in [3.63, 3.8) is 0 Å².